The summed E-state index contributed by atoms with van der Waals surface area (Å²) in [4.78, 5) is 4.43. The van der Waals surface area contributed by atoms with Crippen LogP contribution in [0.25, 0.3) is 11.3 Å². The molecule has 0 atom stereocenters. The molecule has 17 heavy (non-hydrogen) atoms. The molecule has 0 saturated carbocycles. The van der Waals surface area contributed by atoms with E-state index in [4.69, 9.17) is 23.8 Å². The number of rotatable bonds is 2. The van der Waals surface area contributed by atoms with Crippen LogP contribution in [0, 0.1) is 19.3 Å². The Morgan fingerprint density at radius 3 is 2.65 bits per heavy atom. The smallest absolute Gasteiger partial charge is 0.132 e. The highest BCUT2D eigenvalue weighted by Crippen LogP contribution is 2.27. The van der Waals surface area contributed by atoms with Crippen LogP contribution in [-0.4, -0.2) is 9.55 Å². The van der Waals surface area contributed by atoms with Crippen LogP contribution in [0.15, 0.2) is 24.3 Å². The van der Waals surface area contributed by atoms with Crippen molar-refractivity contribution in [3.8, 4) is 23.6 Å². The highest BCUT2D eigenvalue weighted by Gasteiger charge is 2.12. The van der Waals surface area contributed by atoms with Crippen molar-refractivity contribution in [1.82, 2.24) is 9.55 Å². The molecule has 2 rings (SSSR count). The molecular formula is C13H12ClN3. The molecule has 0 fully saturated rings. The second kappa shape index (κ2) is 4.52. The first-order valence-corrected chi connectivity index (χ1v) is 5.53. The fraction of sp³-hybridized carbons (Fsp3) is 0.154. The zero-order chi connectivity index (χ0) is 12.4. The van der Waals surface area contributed by atoms with Gasteiger partial charge in [-0.05, 0) is 19.1 Å². The third kappa shape index (κ3) is 2.13. The first-order valence-electron chi connectivity index (χ1n) is 5.15. The van der Waals surface area contributed by atoms with Gasteiger partial charge in [-0.2, -0.15) is 0 Å². The maximum Gasteiger partial charge on any atom is 0.132 e. The van der Waals surface area contributed by atoms with E-state index < -0.39 is 0 Å². The number of benzene rings is 1. The van der Waals surface area contributed by atoms with E-state index in [1.54, 1.807) is 0 Å². The summed E-state index contributed by atoms with van der Waals surface area (Å²) in [5.74, 6) is 3.96. The SMILES string of the molecule is C#CCn1c(C)nc(-c2ccc(Cl)cc2)c1N. The van der Waals surface area contributed by atoms with Gasteiger partial charge < -0.3 is 10.3 Å². The number of nitrogens with two attached hydrogens (primary N) is 1. The molecule has 0 spiro atoms. The number of anilines is 1. The molecule has 1 heterocycles. The van der Waals surface area contributed by atoms with Crippen molar-refractivity contribution in [2.45, 2.75) is 13.5 Å². The molecule has 0 radical (unpaired) electrons. The fourth-order valence-electron chi connectivity index (χ4n) is 1.69. The maximum atomic E-state index is 6.03. The Hall–Kier alpha value is -1.92. The summed E-state index contributed by atoms with van der Waals surface area (Å²) >= 11 is 5.84. The van der Waals surface area contributed by atoms with E-state index in [-0.39, 0.29) is 0 Å². The summed E-state index contributed by atoms with van der Waals surface area (Å²) in [7, 11) is 0. The van der Waals surface area contributed by atoms with Crippen molar-refractivity contribution < 1.29 is 0 Å². The van der Waals surface area contributed by atoms with Crippen molar-refractivity contribution in [3.05, 3.63) is 35.1 Å². The molecule has 2 aromatic rings. The van der Waals surface area contributed by atoms with Crippen molar-refractivity contribution in [2.24, 2.45) is 0 Å². The Balaban J connectivity index is 2.50. The third-order valence-corrected chi connectivity index (χ3v) is 2.82. The van der Waals surface area contributed by atoms with Crippen molar-refractivity contribution >= 4 is 17.4 Å². The molecular weight excluding hydrogens is 234 g/mol. The number of nitrogens with zero attached hydrogens (tertiary/aromatic N) is 2. The first kappa shape index (κ1) is 11.6. The Morgan fingerprint density at radius 1 is 1.41 bits per heavy atom. The Labute approximate surface area is 105 Å². The normalized spacial score (nSPS) is 10.2. The minimum Gasteiger partial charge on any atom is -0.383 e. The van der Waals surface area contributed by atoms with Crippen LogP contribution in [0.2, 0.25) is 5.02 Å². The molecule has 0 saturated heterocycles. The lowest BCUT2D eigenvalue weighted by Crippen LogP contribution is -2.03. The number of terminal acetylenes is 1. The van der Waals surface area contributed by atoms with E-state index in [0.717, 1.165) is 17.1 Å². The number of aryl methyl sites for hydroxylation is 1. The van der Waals surface area contributed by atoms with Crippen LogP contribution >= 0.6 is 11.6 Å². The topological polar surface area (TPSA) is 43.8 Å². The lowest BCUT2D eigenvalue weighted by atomic mass is 10.1. The van der Waals surface area contributed by atoms with E-state index in [9.17, 15) is 0 Å². The van der Waals surface area contributed by atoms with Gasteiger partial charge in [0.1, 0.15) is 17.3 Å². The second-order valence-corrected chi connectivity index (χ2v) is 4.13. The van der Waals surface area contributed by atoms with E-state index >= 15 is 0 Å². The molecule has 3 nitrogen and oxygen atoms in total. The molecule has 4 heteroatoms. The number of imidazole rings is 1. The summed E-state index contributed by atoms with van der Waals surface area (Å²) in [6, 6.07) is 7.40. The number of hydrogen-bond acceptors (Lipinski definition) is 2. The van der Waals surface area contributed by atoms with Crippen molar-refractivity contribution in [2.75, 3.05) is 5.73 Å². The molecule has 0 unspecified atom stereocenters. The zero-order valence-electron chi connectivity index (χ0n) is 9.44. The average molecular weight is 246 g/mol. The van der Waals surface area contributed by atoms with Gasteiger partial charge in [-0.3, -0.25) is 0 Å². The molecule has 0 aliphatic rings. The van der Waals surface area contributed by atoms with E-state index in [2.05, 4.69) is 10.9 Å². The Kier molecular flexibility index (Phi) is 3.08. The Morgan fingerprint density at radius 2 is 2.06 bits per heavy atom. The van der Waals surface area contributed by atoms with Gasteiger partial charge in [0.2, 0.25) is 0 Å². The highest BCUT2D eigenvalue weighted by molar-refractivity contribution is 6.30. The molecule has 0 amide bonds. The molecule has 86 valence electrons. The molecule has 0 aliphatic heterocycles. The predicted octanol–water partition coefficient (Wildman–Crippen LogP) is 2.73. The van der Waals surface area contributed by atoms with Crippen LogP contribution in [0.5, 0.6) is 0 Å². The summed E-state index contributed by atoms with van der Waals surface area (Å²) in [6.07, 6.45) is 5.29. The van der Waals surface area contributed by atoms with Gasteiger partial charge in [0.15, 0.2) is 0 Å². The Bertz CT molecular complexity index is 576. The largest absolute Gasteiger partial charge is 0.383 e. The van der Waals surface area contributed by atoms with Crippen LogP contribution in [0.3, 0.4) is 0 Å². The minimum absolute atomic E-state index is 0.429. The van der Waals surface area contributed by atoms with Gasteiger partial charge in [-0.1, -0.05) is 29.7 Å². The average Bonchev–Trinajstić information content (AvgIpc) is 2.59. The van der Waals surface area contributed by atoms with Gasteiger partial charge in [-0.15, -0.1) is 6.42 Å². The van der Waals surface area contributed by atoms with E-state index in [0.29, 0.717) is 17.4 Å². The second-order valence-electron chi connectivity index (χ2n) is 3.69. The van der Waals surface area contributed by atoms with Crippen molar-refractivity contribution in [3.63, 3.8) is 0 Å². The van der Waals surface area contributed by atoms with E-state index in [1.807, 2.05) is 35.8 Å². The predicted molar refractivity (Wildman–Crippen MR) is 70.7 cm³/mol. The number of halogens is 1. The van der Waals surface area contributed by atoms with Gasteiger partial charge in [0.05, 0.1) is 6.54 Å². The van der Waals surface area contributed by atoms with Gasteiger partial charge in [0, 0.05) is 10.6 Å². The highest BCUT2D eigenvalue weighted by atomic mass is 35.5. The maximum absolute atomic E-state index is 6.03. The molecule has 2 N–H and O–H groups in total. The molecule has 0 aliphatic carbocycles. The lowest BCUT2D eigenvalue weighted by Gasteiger charge is -2.03. The van der Waals surface area contributed by atoms with E-state index in [1.165, 1.54) is 0 Å². The van der Waals surface area contributed by atoms with Gasteiger partial charge in [-0.25, -0.2) is 4.98 Å². The summed E-state index contributed by atoms with van der Waals surface area (Å²) in [6.45, 7) is 2.31. The molecule has 1 aromatic carbocycles. The fourth-order valence-corrected chi connectivity index (χ4v) is 1.82. The van der Waals surface area contributed by atoms with Gasteiger partial charge in [0.25, 0.3) is 0 Å². The summed E-state index contributed by atoms with van der Waals surface area (Å²) in [5.41, 5.74) is 7.71. The van der Waals surface area contributed by atoms with Crippen molar-refractivity contribution in [1.29, 1.82) is 0 Å². The van der Waals surface area contributed by atoms with Gasteiger partial charge >= 0.3 is 0 Å². The number of hydrogen-bond donors (Lipinski definition) is 1. The molecule has 1 aromatic heterocycles. The van der Waals surface area contributed by atoms with Crippen LogP contribution in [0.1, 0.15) is 5.82 Å². The number of aromatic nitrogens is 2. The van der Waals surface area contributed by atoms with Crippen LogP contribution in [-0.2, 0) is 6.54 Å². The first-order chi connectivity index (χ1) is 8.13. The summed E-state index contributed by atoms with van der Waals surface area (Å²) in [5, 5.41) is 0.687. The summed E-state index contributed by atoms with van der Waals surface area (Å²) < 4.78 is 1.81. The quantitative estimate of drug-likeness (QED) is 0.827. The standard InChI is InChI=1S/C13H12ClN3/c1-3-8-17-9(2)16-12(13(17)15)10-4-6-11(14)7-5-10/h1,4-7H,8,15H2,2H3. The lowest BCUT2D eigenvalue weighted by molar-refractivity contribution is 0.807. The van der Waals surface area contributed by atoms with Crippen LogP contribution < -0.4 is 5.73 Å². The van der Waals surface area contributed by atoms with Crippen LogP contribution in [0.4, 0.5) is 5.82 Å². The number of nitrogen functional groups attached to an aromatic ring is 1. The molecule has 0 bridgehead atoms. The zero-order valence-corrected chi connectivity index (χ0v) is 10.2. The minimum atomic E-state index is 0.429. The monoisotopic (exact) mass is 245 g/mol. The third-order valence-electron chi connectivity index (χ3n) is 2.56.